The molecule has 10 heteroatoms. The summed E-state index contributed by atoms with van der Waals surface area (Å²) in [5.41, 5.74) is 1.37. The van der Waals surface area contributed by atoms with E-state index in [0.717, 1.165) is 5.56 Å². The van der Waals surface area contributed by atoms with Crippen LogP contribution in [0.3, 0.4) is 0 Å². The van der Waals surface area contributed by atoms with E-state index in [9.17, 15) is 4.79 Å². The Balaban J connectivity index is 1.62. The summed E-state index contributed by atoms with van der Waals surface area (Å²) in [5.74, 6) is 1.62. The van der Waals surface area contributed by atoms with Crippen LogP contribution in [0, 0.1) is 6.92 Å². The van der Waals surface area contributed by atoms with Gasteiger partial charge in [-0.1, -0.05) is 11.6 Å². The highest BCUT2D eigenvalue weighted by atomic mass is 35.5. The molecule has 0 saturated heterocycles. The topological polar surface area (TPSA) is 102 Å². The molecule has 9 nitrogen and oxygen atoms in total. The monoisotopic (exact) mass is 448 g/mol. The molecule has 0 radical (unpaired) electrons. The van der Waals surface area contributed by atoms with Crippen LogP contribution in [0.1, 0.15) is 11.5 Å². The van der Waals surface area contributed by atoms with Crippen molar-refractivity contribution in [2.45, 2.75) is 13.5 Å². The lowest BCUT2D eigenvalue weighted by Crippen LogP contribution is -2.15. The van der Waals surface area contributed by atoms with Crippen LogP contribution >= 0.6 is 11.6 Å². The summed E-state index contributed by atoms with van der Waals surface area (Å²) < 4.78 is 32.1. The molecule has 1 heterocycles. The first-order valence-electron chi connectivity index (χ1n) is 9.12. The molecule has 0 aliphatic carbocycles. The van der Waals surface area contributed by atoms with Gasteiger partial charge in [0.1, 0.15) is 5.75 Å². The summed E-state index contributed by atoms with van der Waals surface area (Å²) in [4.78, 5) is 12.0. The standard InChI is InChI=1S/C21H21ClN2O7/c1-12-7-14(22)5-6-15(12)29-11-19(25)30-10-18-23-24-21(31-18)13-8-16(26-2)20(28-4)17(9-13)27-3/h5-9H,10-11H2,1-4H3. The van der Waals surface area contributed by atoms with Gasteiger partial charge < -0.3 is 28.1 Å². The summed E-state index contributed by atoms with van der Waals surface area (Å²) in [6.45, 7) is 1.37. The van der Waals surface area contributed by atoms with Gasteiger partial charge in [-0.2, -0.15) is 0 Å². The Kier molecular flexibility index (Phi) is 7.19. The lowest BCUT2D eigenvalue weighted by atomic mass is 10.2. The van der Waals surface area contributed by atoms with Crippen molar-refractivity contribution in [2.24, 2.45) is 0 Å². The van der Waals surface area contributed by atoms with Crippen LogP contribution in [0.25, 0.3) is 11.5 Å². The number of hydrogen-bond donors (Lipinski definition) is 0. The van der Waals surface area contributed by atoms with Gasteiger partial charge in [0.05, 0.1) is 21.3 Å². The zero-order chi connectivity index (χ0) is 22.4. The van der Waals surface area contributed by atoms with E-state index >= 15 is 0 Å². The van der Waals surface area contributed by atoms with Gasteiger partial charge in [0.15, 0.2) is 24.7 Å². The minimum atomic E-state index is -0.582. The number of carbonyl (C=O) groups excluding carboxylic acids is 1. The van der Waals surface area contributed by atoms with Crippen molar-refractivity contribution in [1.82, 2.24) is 10.2 Å². The van der Waals surface area contributed by atoms with Crippen molar-refractivity contribution < 1.29 is 32.9 Å². The molecule has 3 rings (SSSR count). The van der Waals surface area contributed by atoms with Crippen LogP contribution in [-0.2, 0) is 16.1 Å². The Labute approximate surface area is 183 Å². The normalized spacial score (nSPS) is 10.5. The minimum absolute atomic E-state index is 0.125. The van der Waals surface area contributed by atoms with Gasteiger partial charge in [-0.25, -0.2) is 4.79 Å². The molecule has 31 heavy (non-hydrogen) atoms. The average molecular weight is 449 g/mol. The van der Waals surface area contributed by atoms with E-state index in [4.69, 9.17) is 39.7 Å². The van der Waals surface area contributed by atoms with Gasteiger partial charge in [-0.15, -0.1) is 10.2 Å². The predicted octanol–water partition coefficient (Wildman–Crippen LogP) is 3.85. The highest BCUT2D eigenvalue weighted by Gasteiger charge is 2.18. The summed E-state index contributed by atoms with van der Waals surface area (Å²) in [7, 11) is 4.53. The lowest BCUT2D eigenvalue weighted by molar-refractivity contribution is -0.148. The smallest absolute Gasteiger partial charge is 0.344 e. The van der Waals surface area contributed by atoms with Crippen molar-refractivity contribution in [1.29, 1.82) is 0 Å². The van der Waals surface area contributed by atoms with Gasteiger partial charge in [-0.05, 0) is 42.8 Å². The number of nitrogens with zero attached hydrogens (tertiary/aromatic N) is 2. The van der Waals surface area contributed by atoms with Crippen molar-refractivity contribution in [3.63, 3.8) is 0 Å². The lowest BCUT2D eigenvalue weighted by Gasteiger charge is -2.12. The highest BCUT2D eigenvalue weighted by Crippen LogP contribution is 2.40. The second-order valence-corrected chi connectivity index (χ2v) is 6.71. The van der Waals surface area contributed by atoms with Crippen LogP contribution < -0.4 is 18.9 Å². The number of aryl methyl sites for hydroxylation is 1. The maximum Gasteiger partial charge on any atom is 0.344 e. The molecule has 0 spiro atoms. The third-order valence-corrected chi connectivity index (χ3v) is 4.45. The first-order chi connectivity index (χ1) is 14.9. The Morgan fingerprint density at radius 3 is 2.32 bits per heavy atom. The predicted molar refractivity (Wildman–Crippen MR) is 111 cm³/mol. The number of benzene rings is 2. The first kappa shape index (κ1) is 22.2. The van der Waals surface area contributed by atoms with E-state index in [2.05, 4.69) is 10.2 Å². The fourth-order valence-corrected chi connectivity index (χ4v) is 2.96. The maximum absolute atomic E-state index is 12.0. The second kappa shape index (κ2) is 10.0. The molecule has 0 amide bonds. The molecule has 0 saturated carbocycles. The molecule has 3 aromatic rings. The van der Waals surface area contributed by atoms with E-state index in [1.165, 1.54) is 21.3 Å². The fraction of sp³-hybridized carbons (Fsp3) is 0.286. The quantitative estimate of drug-likeness (QED) is 0.451. The third-order valence-electron chi connectivity index (χ3n) is 4.22. The van der Waals surface area contributed by atoms with E-state index in [1.807, 2.05) is 6.92 Å². The van der Waals surface area contributed by atoms with E-state index < -0.39 is 5.97 Å². The third kappa shape index (κ3) is 5.37. The van der Waals surface area contributed by atoms with Crippen LogP contribution in [0.15, 0.2) is 34.7 Å². The SMILES string of the molecule is COc1cc(-c2nnc(COC(=O)COc3ccc(Cl)cc3C)o2)cc(OC)c1OC. The molecule has 0 N–H and O–H groups in total. The molecule has 0 bridgehead atoms. The number of aromatic nitrogens is 2. The molecule has 1 aromatic heterocycles. The summed E-state index contributed by atoms with van der Waals surface area (Å²) in [6, 6.07) is 8.45. The maximum atomic E-state index is 12.0. The van der Waals surface area contributed by atoms with E-state index in [0.29, 0.717) is 33.6 Å². The summed E-state index contributed by atoms with van der Waals surface area (Å²) in [6.07, 6.45) is 0. The first-order valence-corrected chi connectivity index (χ1v) is 9.50. The molecule has 0 aliphatic rings. The van der Waals surface area contributed by atoms with Crippen LogP contribution in [0.5, 0.6) is 23.0 Å². The molecule has 0 fully saturated rings. The average Bonchev–Trinajstić information content (AvgIpc) is 3.25. The number of esters is 1. The molecular formula is C21H21ClN2O7. The molecule has 164 valence electrons. The van der Waals surface area contributed by atoms with Crippen LogP contribution in [-0.4, -0.2) is 44.1 Å². The number of rotatable bonds is 9. The van der Waals surface area contributed by atoms with Crippen molar-refractivity contribution in [2.75, 3.05) is 27.9 Å². The van der Waals surface area contributed by atoms with Crippen molar-refractivity contribution in [3.05, 3.63) is 46.8 Å². The van der Waals surface area contributed by atoms with E-state index in [-0.39, 0.29) is 25.0 Å². The van der Waals surface area contributed by atoms with Gasteiger partial charge >= 0.3 is 5.97 Å². The van der Waals surface area contributed by atoms with Gasteiger partial charge in [0.25, 0.3) is 5.89 Å². The van der Waals surface area contributed by atoms with Gasteiger partial charge in [0, 0.05) is 10.6 Å². The summed E-state index contributed by atoms with van der Waals surface area (Å²) >= 11 is 5.90. The van der Waals surface area contributed by atoms with Crippen molar-refractivity contribution >= 4 is 17.6 Å². The Hall–Kier alpha value is -3.46. The number of ether oxygens (including phenoxy) is 5. The zero-order valence-corrected chi connectivity index (χ0v) is 18.2. The molecule has 0 aliphatic heterocycles. The largest absolute Gasteiger partial charge is 0.493 e. The fourth-order valence-electron chi connectivity index (χ4n) is 2.73. The number of hydrogen-bond acceptors (Lipinski definition) is 9. The zero-order valence-electron chi connectivity index (χ0n) is 17.4. The van der Waals surface area contributed by atoms with Gasteiger partial charge in [0.2, 0.25) is 11.6 Å². The number of methoxy groups -OCH3 is 3. The van der Waals surface area contributed by atoms with Crippen LogP contribution in [0.2, 0.25) is 5.02 Å². The Morgan fingerprint density at radius 2 is 1.71 bits per heavy atom. The number of carbonyl (C=O) groups is 1. The molecule has 0 atom stereocenters. The van der Waals surface area contributed by atoms with E-state index in [1.54, 1.807) is 30.3 Å². The second-order valence-electron chi connectivity index (χ2n) is 6.27. The Bertz CT molecular complexity index is 1040. The molecule has 2 aromatic carbocycles. The highest BCUT2D eigenvalue weighted by molar-refractivity contribution is 6.30. The molecule has 0 unspecified atom stereocenters. The Morgan fingerprint density at radius 1 is 1.00 bits per heavy atom. The number of halogens is 1. The van der Waals surface area contributed by atoms with Crippen molar-refractivity contribution in [3.8, 4) is 34.5 Å². The summed E-state index contributed by atoms with van der Waals surface area (Å²) in [5, 5.41) is 8.47. The minimum Gasteiger partial charge on any atom is -0.493 e. The molecular weight excluding hydrogens is 428 g/mol. The van der Waals surface area contributed by atoms with Gasteiger partial charge in [-0.3, -0.25) is 0 Å². The van der Waals surface area contributed by atoms with Crippen LogP contribution in [0.4, 0.5) is 0 Å².